The number of benzene rings is 1. The third-order valence-electron chi connectivity index (χ3n) is 3.78. The molecule has 0 spiro atoms. The molecule has 0 aromatic heterocycles. The van der Waals surface area contributed by atoms with E-state index in [1.54, 1.807) is 0 Å². The highest BCUT2D eigenvalue weighted by molar-refractivity contribution is 9.09. The number of hydrogen-bond donors (Lipinski definition) is 0. The topological polar surface area (TPSA) is 9.23 Å². The van der Waals surface area contributed by atoms with Crippen molar-refractivity contribution in [1.29, 1.82) is 0 Å². The Labute approximate surface area is 113 Å². The van der Waals surface area contributed by atoms with Gasteiger partial charge in [-0.25, -0.2) is 0 Å². The van der Waals surface area contributed by atoms with Gasteiger partial charge < -0.3 is 4.74 Å². The predicted octanol–water partition coefficient (Wildman–Crippen LogP) is 4.56. The first-order valence-corrected chi connectivity index (χ1v) is 7.16. The van der Waals surface area contributed by atoms with Crippen LogP contribution in [0.1, 0.15) is 44.7 Å². The largest absolute Gasteiger partial charge is 0.364 e. The maximum atomic E-state index is 6.35. The van der Waals surface area contributed by atoms with Crippen LogP contribution in [0, 0.1) is 6.92 Å². The zero-order valence-electron chi connectivity index (χ0n) is 11.1. The molecule has 0 saturated carbocycles. The maximum absolute atomic E-state index is 6.35. The summed E-state index contributed by atoms with van der Waals surface area (Å²) in [5.41, 5.74) is 2.32. The first-order chi connectivity index (χ1) is 7.83. The van der Waals surface area contributed by atoms with Gasteiger partial charge in [0, 0.05) is 4.83 Å². The summed E-state index contributed by atoms with van der Waals surface area (Å²) in [6.07, 6.45) is 2.22. The molecule has 0 amide bonds. The van der Waals surface area contributed by atoms with Crippen LogP contribution < -0.4 is 0 Å². The molecular weight excluding hydrogens is 276 g/mol. The van der Waals surface area contributed by atoms with Gasteiger partial charge in [-0.2, -0.15) is 0 Å². The highest BCUT2D eigenvalue weighted by Gasteiger charge is 2.43. The average molecular weight is 297 g/mol. The quantitative estimate of drug-likeness (QED) is 0.690. The molecular formula is C15H21BrO. The van der Waals surface area contributed by atoms with E-state index >= 15 is 0 Å². The molecule has 1 aromatic carbocycles. The Morgan fingerprint density at radius 1 is 1.18 bits per heavy atom. The molecule has 2 atom stereocenters. The predicted molar refractivity (Wildman–Crippen MR) is 75.6 cm³/mol. The van der Waals surface area contributed by atoms with E-state index in [9.17, 15) is 0 Å². The second-order valence-corrected chi connectivity index (χ2v) is 6.91. The molecule has 1 saturated heterocycles. The second kappa shape index (κ2) is 4.40. The lowest BCUT2D eigenvalue weighted by Gasteiger charge is -2.46. The number of ether oxygens (including phenoxy) is 1. The summed E-state index contributed by atoms with van der Waals surface area (Å²) in [4.78, 5) is 0.438. The fourth-order valence-corrected chi connectivity index (χ4v) is 2.88. The van der Waals surface area contributed by atoms with Gasteiger partial charge in [0.2, 0.25) is 0 Å². The van der Waals surface area contributed by atoms with Crippen LogP contribution in [0.4, 0.5) is 0 Å². The molecule has 1 aromatic rings. The third-order valence-corrected chi connectivity index (χ3v) is 5.34. The molecule has 17 heavy (non-hydrogen) atoms. The van der Waals surface area contributed by atoms with Gasteiger partial charge in [0.15, 0.2) is 0 Å². The minimum atomic E-state index is -0.151. The maximum Gasteiger partial charge on any atom is 0.0911 e. The van der Waals surface area contributed by atoms with E-state index in [1.807, 2.05) is 0 Å². The van der Waals surface area contributed by atoms with E-state index in [2.05, 4.69) is 67.9 Å². The van der Waals surface area contributed by atoms with E-state index < -0.39 is 0 Å². The third kappa shape index (κ3) is 2.58. The molecule has 0 aliphatic carbocycles. The number of halogens is 1. The van der Waals surface area contributed by atoms with E-state index in [1.165, 1.54) is 11.1 Å². The van der Waals surface area contributed by atoms with Gasteiger partial charge in [-0.05, 0) is 46.1 Å². The summed E-state index contributed by atoms with van der Waals surface area (Å²) < 4.78 is 6.35. The normalized spacial score (nSPS) is 32.4. The van der Waals surface area contributed by atoms with Crippen LogP contribution in [-0.4, -0.2) is 10.4 Å². The zero-order chi connectivity index (χ0) is 12.7. The van der Waals surface area contributed by atoms with Gasteiger partial charge >= 0.3 is 0 Å². The Morgan fingerprint density at radius 3 is 2.29 bits per heavy atom. The van der Waals surface area contributed by atoms with Crippen LogP contribution in [0.2, 0.25) is 0 Å². The van der Waals surface area contributed by atoms with Crippen LogP contribution in [0.3, 0.4) is 0 Å². The van der Waals surface area contributed by atoms with Gasteiger partial charge in [0.1, 0.15) is 0 Å². The molecule has 2 rings (SSSR count). The van der Waals surface area contributed by atoms with Gasteiger partial charge in [0.05, 0.1) is 11.2 Å². The lowest BCUT2D eigenvalue weighted by Crippen LogP contribution is -2.48. The average Bonchev–Trinajstić information content (AvgIpc) is 2.24. The molecule has 1 fully saturated rings. The van der Waals surface area contributed by atoms with E-state index in [0.717, 1.165) is 12.8 Å². The first-order valence-electron chi connectivity index (χ1n) is 6.25. The highest BCUT2D eigenvalue weighted by atomic mass is 79.9. The SMILES string of the molecule is Cc1ccc(C2(C)CCC(Br)C(C)(C)O2)cc1. The van der Waals surface area contributed by atoms with Crippen molar-refractivity contribution < 1.29 is 4.74 Å². The van der Waals surface area contributed by atoms with Crippen molar-refractivity contribution in [2.75, 3.05) is 0 Å². The summed E-state index contributed by atoms with van der Waals surface area (Å²) in [7, 11) is 0. The van der Waals surface area contributed by atoms with Crippen molar-refractivity contribution in [3.63, 3.8) is 0 Å². The smallest absolute Gasteiger partial charge is 0.0911 e. The molecule has 2 unspecified atom stereocenters. The molecule has 94 valence electrons. The Kier molecular flexibility index (Phi) is 3.39. The van der Waals surface area contributed by atoms with E-state index in [0.29, 0.717) is 4.83 Å². The van der Waals surface area contributed by atoms with Crippen LogP contribution >= 0.6 is 15.9 Å². The van der Waals surface area contributed by atoms with E-state index in [-0.39, 0.29) is 11.2 Å². The van der Waals surface area contributed by atoms with Crippen LogP contribution in [-0.2, 0) is 10.3 Å². The zero-order valence-corrected chi connectivity index (χ0v) is 12.7. The molecule has 2 heteroatoms. The number of alkyl halides is 1. The van der Waals surface area contributed by atoms with Crippen molar-refractivity contribution in [3.05, 3.63) is 35.4 Å². The Hall–Kier alpha value is -0.340. The Balaban J connectivity index is 2.28. The van der Waals surface area contributed by atoms with Gasteiger partial charge in [0.25, 0.3) is 0 Å². The van der Waals surface area contributed by atoms with Crippen molar-refractivity contribution >= 4 is 15.9 Å². The van der Waals surface area contributed by atoms with Crippen molar-refractivity contribution in [1.82, 2.24) is 0 Å². The standard InChI is InChI=1S/C15H21BrO/c1-11-5-7-12(8-6-11)15(4)10-9-13(16)14(2,3)17-15/h5-8,13H,9-10H2,1-4H3. The summed E-state index contributed by atoms with van der Waals surface area (Å²) in [5.74, 6) is 0. The number of rotatable bonds is 1. The Bertz CT molecular complexity index is 396. The van der Waals surface area contributed by atoms with Gasteiger partial charge in [-0.1, -0.05) is 45.8 Å². The highest BCUT2D eigenvalue weighted by Crippen LogP contribution is 2.44. The second-order valence-electron chi connectivity index (χ2n) is 5.81. The summed E-state index contributed by atoms with van der Waals surface area (Å²) in [6.45, 7) is 8.65. The molecule has 1 heterocycles. The summed E-state index contributed by atoms with van der Waals surface area (Å²) in [6, 6.07) is 8.72. The monoisotopic (exact) mass is 296 g/mol. The van der Waals surface area contributed by atoms with E-state index in [4.69, 9.17) is 4.74 Å². The van der Waals surface area contributed by atoms with Crippen molar-refractivity contribution in [2.24, 2.45) is 0 Å². The minimum Gasteiger partial charge on any atom is -0.364 e. The molecule has 1 aliphatic rings. The number of aryl methyl sites for hydroxylation is 1. The lowest BCUT2D eigenvalue weighted by molar-refractivity contribution is -0.165. The van der Waals surface area contributed by atoms with Crippen LogP contribution in [0.5, 0.6) is 0 Å². The summed E-state index contributed by atoms with van der Waals surface area (Å²) in [5, 5.41) is 0. The van der Waals surface area contributed by atoms with Gasteiger partial charge in [-0.3, -0.25) is 0 Å². The Morgan fingerprint density at radius 2 is 1.76 bits per heavy atom. The fraction of sp³-hybridized carbons (Fsp3) is 0.600. The van der Waals surface area contributed by atoms with Crippen molar-refractivity contribution in [3.8, 4) is 0 Å². The lowest BCUT2D eigenvalue weighted by atomic mass is 9.83. The molecule has 1 aliphatic heterocycles. The fourth-order valence-electron chi connectivity index (χ4n) is 2.55. The number of hydrogen-bond acceptors (Lipinski definition) is 1. The summed E-state index contributed by atoms with van der Waals surface area (Å²) >= 11 is 3.72. The van der Waals surface area contributed by atoms with Gasteiger partial charge in [-0.15, -0.1) is 0 Å². The molecule has 0 N–H and O–H groups in total. The first kappa shape index (κ1) is 13.1. The van der Waals surface area contributed by atoms with Crippen LogP contribution in [0.15, 0.2) is 24.3 Å². The molecule has 1 nitrogen and oxygen atoms in total. The minimum absolute atomic E-state index is 0.113. The van der Waals surface area contributed by atoms with Crippen molar-refractivity contribution in [2.45, 2.75) is 56.6 Å². The molecule has 0 radical (unpaired) electrons. The van der Waals surface area contributed by atoms with Crippen LogP contribution in [0.25, 0.3) is 0 Å². The molecule has 0 bridgehead atoms.